The third-order valence-corrected chi connectivity index (χ3v) is 9.74. The molecular weight excluding hydrogens is 532 g/mol. The fourth-order valence-electron chi connectivity index (χ4n) is 7.40. The van der Waals surface area contributed by atoms with Gasteiger partial charge in [0, 0.05) is 25.2 Å². The Labute approximate surface area is 252 Å². The molecule has 0 radical (unpaired) electrons. The van der Waals surface area contributed by atoms with Crippen LogP contribution in [0, 0.1) is 5.92 Å². The number of pyridine rings is 1. The van der Waals surface area contributed by atoms with Crippen molar-refractivity contribution in [2.45, 2.75) is 70.3 Å². The highest BCUT2D eigenvalue weighted by atomic mass is 16.2. The predicted octanol–water partition coefficient (Wildman–Crippen LogP) is 7.43. The lowest BCUT2D eigenvalue weighted by Crippen LogP contribution is -2.52. The molecule has 3 aliphatic carbocycles. The van der Waals surface area contributed by atoms with Gasteiger partial charge < -0.3 is 9.88 Å². The van der Waals surface area contributed by atoms with Crippen molar-refractivity contribution < 1.29 is 9.59 Å². The number of hydrogen-bond donors (Lipinski definition) is 1. The summed E-state index contributed by atoms with van der Waals surface area (Å²) in [4.78, 5) is 35.0. The SMILES string of the molecule is CC(=O)/C=C/c1ccc2nc(C3(NC(=O)c4ccc5c(c4)CC(c4ccccn4)=C5C4CCCCC4)CCC3)n(C)c2c1. The molecule has 2 aromatic heterocycles. The number of benzene rings is 2. The van der Waals surface area contributed by atoms with E-state index in [9.17, 15) is 9.59 Å². The van der Waals surface area contributed by atoms with Crippen molar-refractivity contribution in [1.82, 2.24) is 19.9 Å². The lowest BCUT2D eigenvalue weighted by atomic mass is 9.75. The number of rotatable bonds is 7. The molecule has 6 nitrogen and oxygen atoms in total. The number of aromatic nitrogens is 3. The van der Waals surface area contributed by atoms with E-state index in [4.69, 9.17) is 9.97 Å². The number of carbonyl (C=O) groups is 2. The van der Waals surface area contributed by atoms with Crippen LogP contribution in [0.1, 0.15) is 96.9 Å². The Hall–Kier alpha value is -4.32. The minimum Gasteiger partial charge on any atom is -0.339 e. The van der Waals surface area contributed by atoms with Crippen molar-refractivity contribution >= 4 is 39.9 Å². The monoisotopic (exact) mass is 570 g/mol. The van der Waals surface area contributed by atoms with E-state index in [0.717, 1.165) is 53.8 Å². The first kappa shape index (κ1) is 27.5. The third kappa shape index (κ3) is 5.03. The van der Waals surface area contributed by atoms with Crippen molar-refractivity contribution in [3.8, 4) is 0 Å². The summed E-state index contributed by atoms with van der Waals surface area (Å²) in [6, 6.07) is 18.5. The second-order valence-electron chi connectivity index (χ2n) is 12.6. The first-order chi connectivity index (χ1) is 20.9. The lowest BCUT2D eigenvalue weighted by molar-refractivity contribution is -0.112. The molecule has 0 unspecified atom stereocenters. The molecule has 2 saturated carbocycles. The smallest absolute Gasteiger partial charge is 0.252 e. The van der Waals surface area contributed by atoms with Crippen LogP contribution in [-0.2, 0) is 23.8 Å². The van der Waals surface area contributed by atoms with Crippen LogP contribution in [0.2, 0.25) is 0 Å². The second-order valence-corrected chi connectivity index (χ2v) is 12.6. The number of nitrogens with zero attached hydrogens (tertiary/aromatic N) is 3. The van der Waals surface area contributed by atoms with Gasteiger partial charge in [-0.05, 0) is 115 Å². The van der Waals surface area contributed by atoms with Gasteiger partial charge in [-0.1, -0.05) is 43.5 Å². The minimum atomic E-state index is -0.496. The molecule has 0 spiro atoms. The number of ketones is 1. The Balaban J connectivity index is 1.18. The van der Waals surface area contributed by atoms with E-state index in [1.807, 2.05) is 43.6 Å². The molecule has 43 heavy (non-hydrogen) atoms. The maximum atomic E-state index is 13.9. The molecule has 7 rings (SSSR count). The number of aryl methyl sites for hydroxylation is 1. The highest BCUT2D eigenvalue weighted by Crippen LogP contribution is 2.47. The Morgan fingerprint density at radius 1 is 1.00 bits per heavy atom. The first-order valence-electron chi connectivity index (χ1n) is 15.7. The zero-order valence-corrected chi connectivity index (χ0v) is 25.0. The highest BCUT2D eigenvalue weighted by molar-refractivity contribution is 6.00. The number of amides is 1. The predicted molar refractivity (Wildman–Crippen MR) is 171 cm³/mol. The van der Waals surface area contributed by atoms with Gasteiger partial charge in [-0.15, -0.1) is 0 Å². The van der Waals surface area contributed by atoms with Crippen LogP contribution < -0.4 is 5.32 Å². The van der Waals surface area contributed by atoms with E-state index >= 15 is 0 Å². The summed E-state index contributed by atoms with van der Waals surface area (Å²) in [5, 5.41) is 3.42. The van der Waals surface area contributed by atoms with Crippen molar-refractivity contribution in [3.63, 3.8) is 0 Å². The van der Waals surface area contributed by atoms with Crippen LogP contribution in [-0.4, -0.2) is 26.2 Å². The zero-order valence-electron chi connectivity index (χ0n) is 25.0. The van der Waals surface area contributed by atoms with Gasteiger partial charge in [-0.3, -0.25) is 14.6 Å². The Bertz CT molecular complexity index is 1790. The summed E-state index contributed by atoms with van der Waals surface area (Å²) in [6.07, 6.45) is 15.2. The van der Waals surface area contributed by atoms with Crippen LogP contribution in [0.3, 0.4) is 0 Å². The summed E-state index contributed by atoms with van der Waals surface area (Å²) in [5.74, 6) is 1.41. The maximum Gasteiger partial charge on any atom is 0.252 e. The third-order valence-electron chi connectivity index (χ3n) is 9.74. The largest absolute Gasteiger partial charge is 0.339 e. The quantitative estimate of drug-likeness (QED) is 0.235. The summed E-state index contributed by atoms with van der Waals surface area (Å²) >= 11 is 0. The van der Waals surface area contributed by atoms with Gasteiger partial charge in [0.1, 0.15) is 5.82 Å². The number of nitrogens with one attached hydrogen (secondary N) is 1. The topological polar surface area (TPSA) is 76.9 Å². The Morgan fingerprint density at radius 2 is 1.84 bits per heavy atom. The number of fused-ring (bicyclic) bond motifs is 2. The summed E-state index contributed by atoms with van der Waals surface area (Å²) in [7, 11) is 2.02. The van der Waals surface area contributed by atoms with E-state index in [0.29, 0.717) is 11.5 Å². The molecule has 2 fully saturated rings. The van der Waals surface area contributed by atoms with Gasteiger partial charge in [0.15, 0.2) is 5.78 Å². The van der Waals surface area contributed by atoms with Gasteiger partial charge in [-0.2, -0.15) is 0 Å². The van der Waals surface area contributed by atoms with Gasteiger partial charge in [0.2, 0.25) is 0 Å². The molecule has 2 aromatic carbocycles. The van der Waals surface area contributed by atoms with Crippen molar-refractivity contribution in [3.05, 3.63) is 101 Å². The van der Waals surface area contributed by atoms with E-state index in [-0.39, 0.29) is 11.7 Å². The van der Waals surface area contributed by atoms with Crippen LogP contribution in [0.25, 0.3) is 28.3 Å². The number of imidazole rings is 1. The fraction of sp³-hybridized carbons (Fsp3) is 0.351. The van der Waals surface area contributed by atoms with Crippen LogP contribution in [0.4, 0.5) is 0 Å². The molecule has 0 bridgehead atoms. The summed E-state index contributed by atoms with van der Waals surface area (Å²) in [5.41, 5.74) is 9.39. The average Bonchev–Trinajstić information content (AvgIpc) is 3.56. The molecule has 1 amide bonds. The minimum absolute atomic E-state index is 0.0161. The Kier molecular flexibility index (Phi) is 7.08. The standard InChI is InChI=1S/C37H38N4O2/c1-24(42)12-13-25-14-17-32-33(21-25)41(2)36(39-32)37(18-8-19-37)40-35(43)27-15-16-29-28(22-27)23-30(31-11-6-7-20-38-31)34(29)26-9-4-3-5-10-26/h6-7,11-17,20-22,26H,3-5,8-10,18-19,23H2,1-2H3,(H,40,43)/b13-12+. The summed E-state index contributed by atoms with van der Waals surface area (Å²) < 4.78 is 2.10. The van der Waals surface area contributed by atoms with E-state index in [2.05, 4.69) is 40.2 Å². The van der Waals surface area contributed by atoms with Crippen LogP contribution in [0.5, 0.6) is 0 Å². The highest BCUT2D eigenvalue weighted by Gasteiger charge is 2.44. The normalized spacial score (nSPS) is 18.2. The van der Waals surface area contributed by atoms with E-state index in [1.165, 1.54) is 54.4 Å². The van der Waals surface area contributed by atoms with Crippen molar-refractivity contribution in [1.29, 1.82) is 0 Å². The number of allylic oxidation sites excluding steroid dienone is 3. The Morgan fingerprint density at radius 3 is 2.56 bits per heavy atom. The molecule has 0 saturated heterocycles. The van der Waals surface area contributed by atoms with Crippen LogP contribution >= 0.6 is 0 Å². The first-order valence-corrected chi connectivity index (χ1v) is 15.7. The molecule has 6 heteroatoms. The number of hydrogen-bond acceptors (Lipinski definition) is 4. The lowest BCUT2D eigenvalue weighted by Gasteiger charge is -2.41. The van der Waals surface area contributed by atoms with Crippen molar-refractivity contribution in [2.75, 3.05) is 0 Å². The van der Waals surface area contributed by atoms with E-state index in [1.54, 1.807) is 13.0 Å². The number of carbonyl (C=O) groups excluding carboxylic acids is 2. The molecule has 1 N–H and O–H groups in total. The molecule has 0 aliphatic heterocycles. The average molecular weight is 571 g/mol. The second kappa shape index (κ2) is 11.1. The molecule has 3 aliphatic rings. The molecular formula is C37H38N4O2. The fourth-order valence-corrected chi connectivity index (χ4v) is 7.40. The van der Waals surface area contributed by atoms with Gasteiger partial charge >= 0.3 is 0 Å². The van der Waals surface area contributed by atoms with Gasteiger partial charge in [-0.25, -0.2) is 4.98 Å². The molecule has 4 aromatic rings. The van der Waals surface area contributed by atoms with Gasteiger partial charge in [0.05, 0.1) is 22.3 Å². The zero-order chi connectivity index (χ0) is 29.6. The van der Waals surface area contributed by atoms with E-state index < -0.39 is 5.54 Å². The van der Waals surface area contributed by atoms with Crippen LogP contribution in [0.15, 0.2) is 66.9 Å². The molecule has 2 heterocycles. The van der Waals surface area contributed by atoms with Crippen molar-refractivity contribution in [2.24, 2.45) is 13.0 Å². The molecule has 218 valence electrons. The van der Waals surface area contributed by atoms with Gasteiger partial charge in [0.25, 0.3) is 5.91 Å². The molecule has 0 atom stereocenters. The maximum absolute atomic E-state index is 13.9. The summed E-state index contributed by atoms with van der Waals surface area (Å²) in [6.45, 7) is 1.55.